The van der Waals surface area contributed by atoms with Crippen LogP contribution in [0.2, 0.25) is 0 Å². The van der Waals surface area contributed by atoms with Gasteiger partial charge in [-0.15, -0.1) is 0 Å². The first kappa shape index (κ1) is 15.8. The van der Waals surface area contributed by atoms with Crippen molar-refractivity contribution in [2.75, 3.05) is 13.7 Å². The first-order chi connectivity index (χ1) is 9.16. The third-order valence-corrected chi connectivity index (χ3v) is 2.78. The van der Waals surface area contributed by atoms with E-state index in [1.54, 1.807) is 20.8 Å². The molecule has 0 bridgehead atoms. The zero-order valence-electron chi connectivity index (χ0n) is 12.0. The molecular formula is C14H19NO5. The van der Waals surface area contributed by atoms with Gasteiger partial charge < -0.3 is 19.8 Å². The van der Waals surface area contributed by atoms with E-state index < -0.39 is 24.0 Å². The number of benzene rings is 1. The summed E-state index contributed by atoms with van der Waals surface area (Å²) in [6, 6.07) is 4.26. The Hall–Kier alpha value is -2.24. The number of hydrogen-bond acceptors (Lipinski definition) is 4. The van der Waals surface area contributed by atoms with Crippen LogP contribution in [0, 0.1) is 0 Å². The van der Waals surface area contributed by atoms with Crippen LogP contribution in [-0.2, 0) is 4.79 Å². The highest BCUT2D eigenvalue weighted by Crippen LogP contribution is 2.26. The van der Waals surface area contributed by atoms with Crippen molar-refractivity contribution < 1.29 is 24.5 Å². The van der Waals surface area contributed by atoms with Gasteiger partial charge in [0.1, 0.15) is 18.0 Å². The van der Waals surface area contributed by atoms with Crippen LogP contribution >= 0.6 is 0 Å². The Morgan fingerprint density at radius 1 is 1.30 bits per heavy atom. The second-order valence-corrected chi connectivity index (χ2v) is 5.34. The number of ether oxygens (including phenoxy) is 1. The lowest BCUT2D eigenvalue weighted by Gasteiger charge is -2.34. The molecule has 0 saturated heterocycles. The number of amides is 1. The predicted octanol–water partition coefficient (Wildman–Crippen LogP) is 1.73. The number of carboxylic acids is 1. The molecule has 1 aromatic rings. The van der Waals surface area contributed by atoms with Crippen LogP contribution in [-0.4, -0.2) is 46.2 Å². The minimum Gasteiger partial charge on any atom is -0.507 e. The van der Waals surface area contributed by atoms with E-state index in [-0.39, 0.29) is 11.3 Å². The average molecular weight is 281 g/mol. The number of nitrogens with zero attached hydrogens (tertiary/aromatic N) is 1. The Bertz CT molecular complexity index is 519. The fourth-order valence-electron chi connectivity index (χ4n) is 1.71. The van der Waals surface area contributed by atoms with Crippen LogP contribution in [0.5, 0.6) is 11.5 Å². The summed E-state index contributed by atoms with van der Waals surface area (Å²) in [5, 5.41) is 18.8. The fraction of sp³-hybridized carbons (Fsp3) is 0.429. The van der Waals surface area contributed by atoms with E-state index in [4.69, 9.17) is 9.84 Å². The van der Waals surface area contributed by atoms with Crippen molar-refractivity contribution in [3.63, 3.8) is 0 Å². The topological polar surface area (TPSA) is 87.1 Å². The number of phenolic OH excluding ortho intramolecular Hbond substituents is 1. The van der Waals surface area contributed by atoms with Gasteiger partial charge in [0.2, 0.25) is 0 Å². The summed E-state index contributed by atoms with van der Waals surface area (Å²) < 4.78 is 4.94. The molecule has 0 atom stereocenters. The first-order valence-corrected chi connectivity index (χ1v) is 6.07. The predicted molar refractivity (Wildman–Crippen MR) is 73.1 cm³/mol. The number of methoxy groups -OCH3 is 1. The van der Waals surface area contributed by atoms with Crippen LogP contribution in [0.1, 0.15) is 31.1 Å². The molecule has 2 N–H and O–H groups in total. The summed E-state index contributed by atoms with van der Waals surface area (Å²) in [5.74, 6) is -1.48. The van der Waals surface area contributed by atoms with E-state index >= 15 is 0 Å². The fourth-order valence-corrected chi connectivity index (χ4v) is 1.71. The molecule has 6 heteroatoms. The van der Waals surface area contributed by atoms with Crippen molar-refractivity contribution in [2.24, 2.45) is 0 Å². The maximum atomic E-state index is 12.4. The van der Waals surface area contributed by atoms with Crippen molar-refractivity contribution in [3.8, 4) is 11.5 Å². The smallest absolute Gasteiger partial charge is 0.323 e. The Balaban J connectivity index is 3.15. The molecule has 0 aliphatic rings. The summed E-state index contributed by atoms with van der Waals surface area (Å²) in [6.45, 7) is 4.75. The van der Waals surface area contributed by atoms with Gasteiger partial charge >= 0.3 is 5.97 Å². The third kappa shape index (κ3) is 3.63. The Morgan fingerprint density at radius 3 is 2.30 bits per heavy atom. The van der Waals surface area contributed by atoms with Crippen molar-refractivity contribution in [1.29, 1.82) is 0 Å². The van der Waals surface area contributed by atoms with Crippen molar-refractivity contribution >= 4 is 11.9 Å². The summed E-state index contributed by atoms with van der Waals surface area (Å²) in [6.07, 6.45) is 0. The molecule has 0 radical (unpaired) electrons. The molecule has 0 heterocycles. The normalized spacial score (nSPS) is 11.0. The summed E-state index contributed by atoms with van der Waals surface area (Å²) in [5.41, 5.74) is -0.635. The van der Waals surface area contributed by atoms with Gasteiger partial charge in [-0.05, 0) is 32.9 Å². The first-order valence-electron chi connectivity index (χ1n) is 6.07. The quantitative estimate of drug-likeness (QED) is 0.877. The van der Waals surface area contributed by atoms with E-state index in [9.17, 15) is 14.7 Å². The molecule has 110 valence electrons. The van der Waals surface area contributed by atoms with Crippen molar-refractivity contribution in [1.82, 2.24) is 4.90 Å². The van der Waals surface area contributed by atoms with Crippen molar-refractivity contribution in [3.05, 3.63) is 23.8 Å². The van der Waals surface area contributed by atoms with Gasteiger partial charge in [-0.2, -0.15) is 0 Å². The third-order valence-electron chi connectivity index (χ3n) is 2.78. The lowest BCUT2D eigenvalue weighted by molar-refractivity contribution is -0.138. The lowest BCUT2D eigenvalue weighted by Crippen LogP contribution is -2.48. The minimum atomic E-state index is -1.11. The highest BCUT2D eigenvalue weighted by Gasteiger charge is 2.30. The summed E-state index contributed by atoms with van der Waals surface area (Å²) >= 11 is 0. The molecule has 0 aliphatic carbocycles. The molecule has 0 aliphatic heterocycles. The SMILES string of the molecule is COc1ccc(C(=O)N(CC(=O)O)C(C)(C)C)c(O)c1. The van der Waals surface area contributed by atoms with E-state index in [2.05, 4.69) is 0 Å². The highest BCUT2D eigenvalue weighted by molar-refractivity contribution is 5.98. The number of hydrogen-bond donors (Lipinski definition) is 2. The standard InChI is InChI=1S/C14H19NO5/c1-14(2,3)15(8-12(17)18)13(19)10-6-5-9(20-4)7-11(10)16/h5-7,16H,8H2,1-4H3,(H,17,18). The second kappa shape index (κ2) is 5.81. The van der Waals surface area contributed by atoms with Crippen LogP contribution in [0.3, 0.4) is 0 Å². The van der Waals surface area contributed by atoms with E-state index in [1.807, 2.05) is 0 Å². The molecule has 0 saturated carbocycles. The van der Waals surface area contributed by atoms with E-state index in [0.717, 1.165) is 0 Å². The van der Waals surface area contributed by atoms with Gasteiger partial charge in [-0.25, -0.2) is 0 Å². The van der Waals surface area contributed by atoms with Crippen LogP contribution < -0.4 is 4.74 Å². The molecule has 0 fully saturated rings. The molecule has 1 aromatic carbocycles. The number of aromatic hydroxyl groups is 1. The van der Waals surface area contributed by atoms with Crippen LogP contribution in [0.15, 0.2) is 18.2 Å². The van der Waals surface area contributed by atoms with Crippen molar-refractivity contribution in [2.45, 2.75) is 26.3 Å². The van der Waals surface area contributed by atoms with E-state index in [1.165, 1.54) is 30.2 Å². The molecule has 0 aromatic heterocycles. The monoisotopic (exact) mass is 281 g/mol. The Labute approximate surface area is 117 Å². The van der Waals surface area contributed by atoms with Gasteiger partial charge in [-0.3, -0.25) is 9.59 Å². The molecule has 1 amide bonds. The number of rotatable bonds is 4. The molecule has 6 nitrogen and oxygen atoms in total. The Morgan fingerprint density at radius 2 is 1.90 bits per heavy atom. The Kier molecular flexibility index (Phi) is 4.60. The summed E-state index contributed by atoms with van der Waals surface area (Å²) in [7, 11) is 1.45. The van der Waals surface area contributed by atoms with E-state index in [0.29, 0.717) is 5.75 Å². The zero-order chi connectivity index (χ0) is 15.5. The average Bonchev–Trinajstić information content (AvgIpc) is 2.33. The summed E-state index contributed by atoms with van der Waals surface area (Å²) in [4.78, 5) is 24.5. The minimum absolute atomic E-state index is 0.0435. The van der Waals surface area contributed by atoms with Gasteiger partial charge in [0.25, 0.3) is 5.91 Å². The second-order valence-electron chi connectivity index (χ2n) is 5.34. The molecular weight excluding hydrogens is 262 g/mol. The molecule has 0 spiro atoms. The van der Waals surface area contributed by atoms with Gasteiger partial charge in [-0.1, -0.05) is 0 Å². The number of carbonyl (C=O) groups is 2. The maximum absolute atomic E-state index is 12.4. The van der Waals surface area contributed by atoms with Gasteiger partial charge in [0.15, 0.2) is 0 Å². The highest BCUT2D eigenvalue weighted by atomic mass is 16.5. The molecule has 0 unspecified atom stereocenters. The maximum Gasteiger partial charge on any atom is 0.323 e. The zero-order valence-corrected chi connectivity index (χ0v) is 12.0. The van der Waals surface area contributed by atoms with Crippen LogP contribution in [0.4, 0.5) is 0 Å². The van der Waals surface area contributed by atoms with Gasteiger partial charge in [0.05, 0.1) is 12.7 Å². The molecule has 20 heavy (non-hydrogen) atoms. The van der Waals surface area contributed by atoms with Crippen LogP contribution in [0.25, 0.3) is 0 Å². The number of carbonyl (C=O) groups excluding carboxylic acids is 1. The lowest BCUT2D eigenvalue weighted by atomic mass is 10.0. The number of phenols is 1. The largest absolute Gasteiger partial charge is 0.507 e. The number of carboxylic acid groups (broad SMARTS) is 1. The number of aliphatic carboxylic acids is 1. The van der Waals surface area contributed by atoms with Gasteiger partial charge in [0, 0.05) is 11.6 Å². The molecule has 1 rings (SSSR count).